The van der Waals surface area contributed by atoms with Gasteiger partial charge in [0.25, 0.3) is 0 Å². The molecule has 0 aliphatic rings. The average Bonchev–Trinajstić information content (AvgIpc) is 1.88. The van der Waals surface area contributed by atoms with Crippen LogP contribution in [0.15, 0.2) is 24.5 Å². The molecule has 0 saturated carbocycles. The molecule has 5 nitrogen and oxygen atoms in total. The molecule has 0 amide bonds. The van der Waals surface area contributed by atoms with Crippen LogP contribution in [0.25, 0.3) is 0 Å². The van der Waals surface area contributed by atoms with Gasteiger partial charge in [-0.25, -0.2) is 0 Å². The highest BCUT2D eigenvalue weighted by Crippen LogP contribution is 2.26. The van der Waals surface area contributed by atoms with E-state index in [-0.39, 0.29) is 0 Å². The van der Waals surface area contributed by atoms with E-state index in [1.807, 2.05) is 12.1 Å². The maximum absolute atomic E-state index is 7.56. The lowest BCUT2D eigenvalue weighted by Crippen LogP contribution is -1.69. The highest BCUT2D eigenvalue weighted by atomic mass is 32.5. The molecule has 1 rings (SSSR count). The molecule has 0 fully saturated rings. The van der Waals surface area contributed by atoms with Crippen molar-refractivity contribution >= 4 is 18.5 Å². The van der Waals surface area contributed by atoms with Gasteiger partial charge in [-0.15, -0.1) is 0 Å². The third kappa shape index (κ3) is 17.7. The van der Waals surface area contributed by atoms with Crippen LogP contribution in [-0.4, -0.2) is 24.9 Å². The van der Waals surface area contributed by atoms with Crippen LogP contribution >= 0.6 is 6.72 Å². The zero-order valence-corrected chi connectivity index (χ0v) is 7.11. The minimum absolute atomic E-state index is 1.64. The Morgan fingerprint density at radius 3 is 1.36 bits per heavy atom. The summed E-state index contributed by atoms with van der Waals surface area (Å²) in [6.45, 7) is -3.81. The second-order valence-corrected chi connectivity index (χ2v) is 3.92. The molecular weight excluding hydrogens is 187 g/mol. The highest BCUT2D eigenvalue weighted by molar-refractivity contribution is 8.06. The molecule has 0 saturated heterocycles. The predicted octanol–water partition coefficient (Wildman–Crippen LogP) is -0.336. The average molecular weight is 194 g/mol. The number of hydrogen-bond acceptors (Lipinski definition) is 3. The van der Waals surface area contributed by atoms with Crippen molar-refractivity contribution in [2.45, 2.75) is 0 Å². The Bertz CT molecular complexity index is 191. The normalized spacial score (nSPS) is 9.73. The van der Waals surface area contributed by atoms with Gasteiger partial charge in [-0.3, -0.25) is 0 Å². The fraction of sp³-hybridized carbons (Fsp3) is 0. The van der Waals surface area contributed by atoms with E-state index in [0.29, 0.717) is 0 Å². The second-order valence-electron chi connectivity index (χ2n) is 1.43. The topological polar surface area (TPSA) is 86.5 Å². The quantitative estimate of drug-likeness (QED) is 0.490. The Hall–Kier alpha value is -0.390. The molecule has 1 aromatic heterocycles. The zero-order valence-electron chi connectivity index (χ0n) is 5.40. The van der Waals surface area contributed by atoms with Crippen LogP contribution in [-0.2, 0) is 11.8 Å². The lowest BCUT2D eigenvalue weighted by Gasteiger charge is -1.88. The van der Waals surface area contributed by atoms with Gasteiger partial charge in [0.05, 0.1) is 0 Å². The highest BCUT2D eigenvalue weighted by Gasteiger charge is 1.92. The summed E-state index contributed by atoms with van der Waals surface area (Å²) in [6, 6.07) is 3.65. The summed E-state index contributed by atoms with van der Waals surface area (Å²) >= 11 is 3.60. The van der Waals surface area contributed by atoms with Crippen LogP contribution in [0.1, 0.15) is 0 Å². The van der Waals surface area contributed by atoms with Gasteiger partial charge in [0.1, 0.15) is 0 Å². The van der Waals surface area contributed by atoms with Crippen LogP contribution < -0.4 is 0 Å². The molecule has 3 N–H and O–H groups in total. The summed E-state index contributed by atoms with van der Waals surface area (Å²) in [5.41, 5.74) is 0. The van der Waals surface area contributed by atoms with Crippen LogP contribution in [0, 0.1) is 0 Å². The van der Waals surface area contributed by atoms with Gasteiger partial charge in [0.15, 0.2) is 0 Å². The first-order chi connectivity index (χ1) is 5.00. The lowest BCUT2D eigenvalue weighted by molar-refractivity contribution is 0.363. The molecule has 0 radical (unpaired) electrons. The first-order valence-corrected chi connectivity index (χ1v) is 5.16. The first kappa shape index (κ1) is 10.6. The van der Waals surface area contributed by atoms with Gasteiger partial charge in [-0.05, 0) is 23.9 Å². The SMILES string of the molecule is OP(O)(O)=S.c1ccnnc1. The summed E-state index contributed by atoms with van der Waals surface area (Å²) in [6.07, 6.45) is 3.28. The van der Waals surface area contributed by atoms with E-state index in [0.717, 1.165) is 0 Å². The second kappa shape index (κ2) is 5.29. The van der Waals surface area contributed by atoms with Crippen LogP contribution in [0.3, 0.4) is 0 Å². The van der Waals surface area contributed by atoms with Gasteiger partial charge < -0.3 is 14.7 Å². The fourth-order valence-electron chi connectivity index (χ4n) is 0.253. The Morgan fingerprint density at radius 2 is 1.27 bits per heavy atom. The van der Waals surface area contributed by atoms with Gasteiger partial charge in [0.2, 0.25) is 0 Å². The minimum Gasteiger partial charge on any atom is -0.325 e. The number of nitrogens with zero attached hydrogens (tertiary/aromatic N) is 2. The van der Waals surface area contributed by atoms with E-state index in [1.54, 1.807) is 12.4 Å². The Morgan fingerprint density at radius 1 is 1.00 bits per heavy atom. The van der Waals surface area contributed by atoms with E-state index in [4.69, 9.17) is 14.7 Å². The number of aromatic nitrogens is 2. The standard InChI is InChI=1S/C4H4N2.H3O3PS/c1-2-4-6-5-3-1;1-4(2,3)5/h1-4H;(H3,1,2,3,5). The van der Waals surface area contributed by atoms with Crippen molar-refractivity contribution in [3.05, 3.63) is 24.5 Å². The largest absolute Gasteiger partial charge is 0.325 e. The summed E-state index contributed by atoms with van der Waals surface area (Å²) in [5.74, 6) is 0. The molecule has 0 atom stereocenters. The summed E-state index contributed by atoms with van der Waals surface area (Å²) < 4.78 is 0. The van der Waals surface area contributed by atoms with Gasteiger partial charge in [-0.2, -0.15) is 10.2 Å². The van der Waals surface area contributed by atoms with Crippen molar-refractivity contribution in [2.24, 2.45) is 0 Å². The molecule has 0 unspecified atom stereocenters. The monoisotopic (exact) mass is 194 g/mol. The maximum Gasteiger partial charge on any atom is 0.319 e. The van der Waals surface area contributed by atoms with Crippen molar-refractivity contribution in [3.8, 4) is 0 Å². The molecular formula is C4H7N2O3PS. The van der Waals surface area contributed by atoms with E-state index >= 15 is 0 Å². The Labute approximate surface area is 68.6 Å². The summed E-state index contributed by atoms with van der Waals surface area (Å²) in [7, 11) is 0. The molecule has 0 aliphatic heterocycles. The van der Waals surface area contributed by atoms with Crippen LogP contribution in [0.5, 0.6) is 0 Å². The third-order valence-corrected chi connectivity index (χ3v) is 0.483. The van der Waals surface area contributed by atoms with Crippen molar-refractivity contribution in [3.63, 3.8) is 0 Å². The molecule has 11 heavy (non-hydrogen) atoms. The molecule has 1 aromatic rings. The molecule has 1 heterocycles. The predicted molar refractivity (Wildman–Crippen MR) is 43.0 cm³/mol. The Kier molecular flexibility index (Phi) is 5.10. The first-order valence-electron chi connectivity index (χ1n) is 2.50. The maximum atomic E-state index is 7.56. The van der Waals surface area contributed by atoms with Crippen molar-refractivity contribution in [1.29, 1.82) is 0 Å². The van der Waals surface area contributed by atoms with E-state index in [2.05, 4.69) is 22.0 Å². The number of rotatable bonds is 0. The Balaban J connectivity index is 0.000000187. The van der Waals surface area contributed by atoms with Gasteiger partial charge in [0, 0.05) is 12.4 Å². The van der Waals surface area contributed by atoms with Gasteiger partial charge >= 0.3 is 6.72 Å². The fourth-order valence-corrected chi connectivity index (χ4v) is 0.253. The third-order valence-electron chi connectivity index (χ3n) is 0.483. The molecule has 7 heteroatoms. The van der Waals surface area contributed by atoms with Crippen molar-refractivity contribution in [2.75, 3.05) is 0 Å². The van der Waals surface area contributed by atoms with E-state index in [9.17, 15) is 0 Å². The zero-order chi connectivity index (χ0) is 8.74. The number of hydrogen-bond donors (Lipinski definition) is 3. The molecule has 0 bridgehead atoms. The smallest absolute Gasteiger partial charge is 0.319 e. The van der Waals surface area contributed by atoms with E-state index in [1.165, 1.54) is 0 Å². The van der Waals surface area contributed by atoms with E-state index < -0.39 is 6.72 Å². The van der Waals surface area contributed by atoms with Crippen molar-refractivity contribution in [1.82, 2.24) is 10.2 Å². The van der Waals surface area contributed by atoms with Crippen LogP contribution in [0.2, 0.25) is 0 Å². The lowest BCUT2D eigenvalue weighted by atomic mass is 10.6. The molecule has 62 valence electrons. The van der Waals surface area contributed by atoms with Crippen molar-refractivity contribution < 1.29 is 14.7 Å². The minimum atomic E-state index is -3.81. The van der Waals surface area contributed by atoms with Crippen LogP contribution in [0.4, 0.5) is 0 Å². The summed E-state index contributed by atoms with van der Waals surface area (Å²) in [5, 5.41) is 7.07. The molecule has 0 aromatic carbocycles. The molecule has 0 spiro atoms. The van der Waals surface area contributed by atoms with Gasteiger partial charge in [-0.1, -0.05) is 0 Å². The molecule has 0 aliphatic carbocycles. The summed E-state index contributed by atoms with van der Waals surface area (Å²) in [4.78, 5) is 22.7.